The molecule has 2 heterocycles. The molecule has 1 aliphatic rings. The zero-order valence-electron chi connectivity index (χ0n) is 12.3. The van der Waals surface area contributed by atoms with Crippen LogP contribution in [0.2, 0.25) is 0 Å². The molecule has 1 aliphatic heterocycles. The molecule has 114 valence electrons. The Morgan fingerprint density at radius 2 is 2.43 bits per heavy atom. The van der Waals surface area contributed by atoms with Gasteiger partial charge < -0.3 is 9.64 Å². The van der Waals surface area contributed by atoms with Crippen molar-refractivity contribution in [3.8, 4) is 6.07 Å². The van der Waals surface area contributed by atoms with Gasteiger partial charge in [0.25, 0.3) is 0 Å². The van der Waals surface area contributed by atoms with Crippen LogP contribution < -0.4 is 4.90 Å². The van der Waals surface area contributed by atoms with Gasteiger partial charge in [-0.05, 0) is 37.7 Å². The average Bonchev–Trinajstić information content (AvgIpc) is 2.88. The van der Waals surface area contributed by atoms with Crippen LogP contribution in [0.15, 0.2) is 0 Å². The molecule has 7 heteroatoms. The number of rotatable bonds is 5. The summed E-state index contributed by atoms with van der Waals surface area (Å²) < 4.78 is 9.79. The van der Waals surface area contributed by atoms with E-state index in [0.717, 1.165) is 25.2 Å². The Bertz CT molecular complexity index is 533. The Morgan fingerprint density at radius 3 is 3.10 bits per heavy atom. The highest BCUT2D eigenvalue weighted by Crippen LogP contribution is 2.27. The minimum atomic E-state index is -0.00374. The van der Waals surface area contributed by atoms with Crippen molar-refractivity contribution in [2.75, 3.05) is 30.1 Å². The van der Waals surface area contributed by atoms with Crippen LogP contribution in [0.1, 0.15) is 30.5 Å². The largest absolute Gasteiger partial charge is 0.377 e. The summed E-state index contributed by atoms with van der Waals surface area (Å²) in [5.41, 5.74) is 1.18. The second kappa shape index (κ2) is 7.78. The van der Waals surface area contributed by atoms with Crippen LogP contribution in [0.3, 0.4) is 0 Å². The highest BCUT2D eigenvalue weighted by Gasteiger charge is 2.20. The van der Waals surface area contributed by atoms with E-state index >= 15 is 0 Å². The number of hydrogen-bond acceptors (Lipinski definition) is 6. The fourth-order valence-electron chi connectivity index (χ4n) is 2.14. The van der Waals surface area contributed by atoms with Gasteiger partial charge in [-0.25, -0.2) is 0 Å². The number of nitrogens with zero attached hydrogens (tertiary/aromatic N) is 3. The normalized spacial score (nSPS) is 18.2. The third-order valence-corrected chi connectivity index (χ3v) is 5.51. The minimum absolute atomic E-state index is 0.00374. The van der Waals surface area contributed by atoms with Gasteiger partial charge in [-0.1, -0.05) is 0 Å². The summed E-state index contributed by atoms with van der Waals surface area (Å²) >= 11 is 2.79. The molecular formula is C14H19N3O2S2. The van der Waals surface area contributed by atoms with Crippen LogP contribution in [0.4, 0.5) is 5.00 Å². The van der Waals surface area contributed by atoms with Crippen molar-refractivity contribution in [1.82, 2.24) is 4.37 Å². The number of carbonyl (C=O) groups is 1. The molecular weight excluding hydrogens is 306 g/mol. The van der Waals surface area contributed by atoms with E-state index in [1.807, 2.05) is 0 Å². The van der Waals surface area contributed by atoms with Crippen molar-refractivity contribution < 1.29 is 9.53 Å². The Morgan fingerprint density at radius 1 is 1.62 bits per heavy atom. The summed E-state index contributed by atoms with van der Waals surface area (Å²) in [5.74, 6) is 1.25. The molecule has 0 spiro atoms. The maximum atomic E-state index is 12.2. The first-order valence-corrected chi connectivity index (χ1v) is 8.88. The zero-order chi connectivity index (χ0) is 15.2. The number of amides is 1. The van der Waals surface area contributed by atoms with Crippen molar-refractivity contribution in [3.63, 3.8) is 0 Å². The molecule has 1 saturated heterocycles. The van der Waals surface area contributed by atoms with E-state index in [0.29, 0.717) is 22.0 Å². The summed E-state index contributed by atoms with van der Waals surface area (Å²) in [7, 11) is 1.70. The third kappa shape index (κ3) is 4.19. The molecule has 1 unspecified atom stereocenters. The minimum Gasteiger partial charge on any atom is -0.377 e. The third-order valence-electron chi connectivity index (χ3n) is 3.44. The van der Waals surface area contributed by atoms with Crippen molar-refractivity contribution in [2.24, 2.45) is 0 Å². The highest BCUT2D eigenvalue weighted by atomic mass is 32.2. The van der Waals surface area contributed by atoms with Gasteiger partial charge >= 0.3 is 0 Å². The summed E-state index contributed by atoms with van der Waals surface area (Å²) in [6, 6.07) is 2.11. The quantitative estimate of drug-likeness (QED) is 0.832. The predicted molar refractivity (Wildman–Crippen MR) is 85.9 cm³/mol. The maximum absolute atomic E-state index is 12.2. The first-order chi connectivity index (χ1) is 10.1. The van der Waals surface area contributed by atoms with E-state index in [4.69, 9.17) is 10.00 Å². The van der Waals surface area contributed by atoms with Gasteiger partial charge in [-0.15, -0.1) is 11.8 Å². The molecule has 1 aromatic heterocycles. The second-order valence-corrected chi connectivity index (χ2v) is 6.80. The first-order valence-electron chi connectivity index (χ1n) is 6.95. The number of thioether (sulfide) groups is 1. The summed E-state index contributed by atoms with van der Waals surface area (Å²) in [6.07, 6.45) is 3.72. The van der Waals surface area contributed by atoms with E-state index in [1.54, 1.807) is 25.7 Å². The fraction of sp³-hybridized carbons (Fsp3) is 0.643. The molecule has 0 aromatic carbocycles. The molecule has 1 atom stereocenters. The van der Waals surface area contributed by atoms with Crippen LogP contribution in [0, 0.1) is 18.3 Å². The van der Waals surface area contributed by atoms with Gasteiger partial charge in [0.2, 0.25) is 5.91 Å². The lowest BCUT2D eigenvalue weighted by Crippen LogP contribution is -2.29. The molecule has 2 rings (SSSR count). The molecule has 1 amide bonds. The summed E-state index contributed by atoms with van der Waals surface area (Å²) in [6.45, 7) is 2.62. The van der Waals surface area contributed by atoms with Gasteiger partial charge in [0.15, 0.2) is 0 Å². The molecule has 5 nitrogen and oxygen atoms in total. The lowest BCUT2D eigenvalue weighted by Gasteiger charge is -2.22. The standard InChI is InChI=1S/C14H19N3O2S2/c1-10-12(7-15)14(21-16-10)17(2)13(18)9-20-8-11-5-3-4-6-19-11/h11H,3-6,8-9H2,1-2H3. The van der Waals surface area contributed by atoms with Crippen LogP contribution in [-0.2, 0) is 9.53 Å². The first kappa shape index (κ1) is 16.3. The Kier molecular flexibility index (Phi) is 6.03. The van der Waals surface area contributed by atoms with E-state index in [2.05, 4.69) is 10.4 Å². The highest BCUT2D eigenvalue weighted by molar-refractivity contribution is 8.00. The second-order valence-electron chi connectivity index (χ2n) is 5.02. The van der Waals surface area contributed by atoms with E-state index in [-0.39, 0.29) is 12.0 Å². The molecule has 1 fully saturated rings. The van der Waals surface area contributed by atoms with Gasteiger partial charge in [-0.2, -0.15) is 9.64 Å². The fourth-order valence-corrected chi connectivity index (χ4v) is 3.98. The molecule has 0 radical (unpaired) electrons. The number of nitriles is 1. The number of aromatic nitrogens is 1. The average molecular weight is 325 g/mol. The van der Waals surface area contributed by atoms with Crippen LogP contribution in [-0.4, -0.2) is 41.5 Å². The molecule has 0 aliphatic carbocycles. The molecule has 21 heavy (non-hydrogen) atoms. The monoisotopic (exact) mass is 325 g/mol. The van der Waals surface area contributed by atoms with E-state index in [1.165, 1.54) is 22.9 Å². The van der Waals surface area contributed by atoms with Crippen molar-refractivity contribution in [3.05, 3.63) is 11.3 Å². The molecule has 0 bridgehead atoms. The topological polar surface area (TPSA) is 66.2 Å². The Balaban J connectivity index is 1.83. The number of hydrogen-bond donors (Lipinski definition) is 0. The summed E-state index contributed by atoms with van der Waals surface area (Å²) in [5, 5.41) is 9.76. The predicted octanol–water partition coefficient (Wildman–Crippen LogP) is 2.59. The van der Waals surface area contributed by atoms with Gasteiger partial charge in [-0.3, -0.25) is 4.79 Å². The number of aryl methyl sites for hydroxylation is 1. The van der Waals surface area contributed by atoms with Gasteiger partial charge in [0, 0.05) is 19.4 Å². The van der Waals surface area contributed by atoms with Crippen molar-refractivity contribution in [1.29, 1.82) is 5.26 Å². The molecule has 1 aromatic rings. The van der Waals surface area contributed by atoms with Crippen molar-refractivity contribution >= 4 is 34.2 Å². The zero-order valence-corrected chi connectivity index (χ0v) is 13.9. The number of ether oxygens (including phenoxy) is 1. The smallest absolute Gasteiger partial charge is 0.237 e. The van der Waals surface area contributed by atoms with Gasteiger partial charge in [0.1, 0.15) is 16.6 Å². The maximum Gasteiger partial charge on any atom is 0.237 e. The van der Waals surface area contributed by atoms with E-state index < -0.39 is 0 Å². The van der Waals surface area contributed by atoms with Crippen LogP contribution in [0.25, 0.3) is 0 Å². The van der Waals surface area contributed by atoms with Gasteiger partial charge in [0.05, 0.1) is 17.6 Å². The van der Waals surface area contributed by atoms with Crippen LogP contribution in [0.5, 0.6) is 0 Å². The lowest BCUT2D eigenvalue weighted by molar-refractivity contribution is -0.115. The van der Waals surface area contributed by atoms with Crippen molar-refractivity contribution in [2.45, 2.75) is 32.3 Å². The van der Waals surface area contributed by atoms with E-state index in [9.17, 15) is 4.79 Å². The van der Waals surface area contributed by atoms with Crippen LogP contribution >= 0.6 is 23.3 Å². The number of carbonyl (C=O) groups excluding carboxylic acids is 1. The summed E-state index contributed by atoms with van der Waals surface area (Å²) in [4.78, 5) is 13.7. The molecule has 0 N–H and O–H groups in total. The SMILES string of the molecule is Cc1nsc(N(C)C(=O)CSCC2CCCCO2)c1C#N. The number of anilines is 1. The Hall–Kier alpha value is -1.10. The molecule has 0 saturated carbocycles. The lowest BCUT2D eigenvalue weighted by atomic mass is 10.1. The Labute approximate surface area is 133 Å².